The molecule has 0 bridgehead atoms. The molecule has 2 heterocycles. The molecule has 1 aliphatic carbocycles. The van der Waals surface area contributed by atoms with Crippen molar-refractivity contribution in [2.24, 2.45) is 0 Å². The summed E-state index contributed by atoms with van der Waals surface area (Å²) in [5.74, 6) is 0. The molecule has 0 N–H and O–H groups in total. The molecule has 0 saturated heterocycles. The predicted molar refractivity (Wildman–Crippen MR) is 222 cm³/mol. The van der Waals surface area contributed by atoms with E-state index in [2.05, 4.69) is 185 Å². The van der Waals surface area contributed by atoms with Crippen LogP contribution < -0.4 is 4.90 Å². The van der Waals surface area contributed by atoms with Crippen molar-refractivity contribution in [1.82, 2.24) is 4.57 Å². The Balaban J connectivity index is 1.17. The lowest BCUT2D eigenvalue weighted by atomic mass is 9.96. The summed E-state index contributed by atoms with van der Waals surface area (Å²) in [5, 5.41) is 9.81. The van der Waals surface area contributed by atoms with E-state index in [-0.39, 0.29) is 0 Å². The molecule has 3 nitrogen and oxygen atoms in total. The normalized spacial score (nSPS) is 12.2. The maximum absolute atomic E-state index is 6.32. The summed E-state index contributed by atoms with van der Waals surface area (Å²) in [6.07, 6.45) is 0. The zero-order valence-electron chi connectivity index (χ0n) is 28.6. The van der Waals surface area contributed by atoms with Crippen LogP contribution in [-0.4, -0.2) is 4.57 Å². The van der Waals surface area contributed by atoms with Crippen LogP contribution in [0.3, 0.4) is 0 Å². The summed E-state index contributed by atoms with van der Waals surface area (Å²) in [6.45, 7) is 0. The van der Waals surface area contributed by atoms with Gasteiger partial charge < -0.3 is 13.9 Å². The van der Waals surface area contributed by atoms with Crippen LogP contribution in [0.1, 0.15) is 0 Å². The number of nitrogens with zero attached hydrogens (tertiary/aromatic N) is 2. The Morgan fingerprint density at radius 2 is 1.06 bits per heavy atom. The van der Waals surface area contributed by atoms with Crippen molar-refractivity contribution in [2.45, 2.75) is 0 Å². The fraction of sp³-hybridized carbons (Fsp3) is 0. The first kappa shape index (κ1) is 28.6. The molecule has 0 aliphatic heterocycles. The monoisotopic (exact) mass is 674 g/mol. The van der Waals surface area contributed by atoms with Gasteiger partial charge in [-0.1, -0.05) is 109 Å². The molecule has 9 aromatic carbocycles. The van der Waals surface area contributed by atoms with Gasteiger partial charge in [0, 0.05) is 44.2 Å². The summed E-state index contributed by atoms with van der Waals surface area (Å²) in [4.78, 5) is 2.46. The van der Waals surface area contributed by atoms with Gasteiger partial charge in [0.05, 0.1) is 16.7 Å². The smallest absolute Gasteiger partial charge is 0.135 e. The van der Waals surface area contributed by atoms with Crippen LogP contribution in [0.15, 0.2) is 186 Å². The number of fused-ring (bicyclic) bond motifs is 11. The second-order valence-electron chi connectivity index (χ2n) is 14.1. The van der Waals surface area contributed by atoms with E-state index in [1.165, 1.54) is 65.6 Å². The van der Waals surface area contributed by atoms with Gasteiger partial charge in [0.1, 0.15) is 11.2 Å². The van der Waals surface area contributed by atoms with Crippen molar-refractivity contribution < 1.29 is 4.42 Å². The molecular weight excluding hydrogens is 645 g/mol. The Kier molecular flexibility index (Phi) is 5.77. The Bertz CT molecular complexity index is 3290. The lowest BCUT2D eigenvalue weighted by Gasteiger charge is -2.28. The Hall–Kier alpha value is -7.10. The number of hydrogen-bond donors (Lipinski definition) is 0. The summed E-state index contributed by atoms with van der Waals surface area (Å²) in [5.41, 5.74) is 13.8. The summed E-state index contributed by atoms with van der Waals surface area (Å²) in [7, 11) is 0. The van der Waals surface area contributed by atoms with Crippen molar-refractivity contribution in [2.75, 3.05) is 4.90 Å². The fourth-order valence-electron chi connectivity index (χ4n) is 9.06. The van der Waals surface area contributed by atoms with Gasteiger partial charge in [-0.25, -0.2) is 0 Å². The molecule has 0 saturated carbocycles. The lowest BCUT2D eigenvalue weighted by Crippen LogP contribution is -2.11. The molecule has 0 atom stereocenters. The zero-order chi connectivity index (χ0) is 34.6. The second-order valence-corrected chi connectivity index (χ2v) is 14.1. The standard InChI is InChI=1S/C50H30N2O/c1-2-14-33(15-3-1)52-43-21-8-6-17-37(43)41-29-34(24-26-44(41)52)51(35-25-27-47-42(30-35)38-18-7-9-23-46(38)53-47)45-22-11-20-40-49(45)39-19-10-13-32-28-31-12-4-5-16-36(31)50(40)48(32)39/h1-30H. The minimum atomic E-state index is 0.887. The first-order chi connectivity index (χ1) is 26.3. The number of benzene rings is 9. The van der Waals surface area contributed by atoms with E-state index in [1.807, 2.05) is 6.07 Å². The maximum Gasteiger partial charge on any atom is 0.135 e. The van der Waals surface area contributed by atoms with E-state index in [0.29, 0.717) is 0 Å². The highest BCUT2D eigenvalue weighted by Crippen LogP contribution is 2.55. The lowest BCUT2D eigenvalue weighted by molar-refractivity contribution is 0.669. The molecule has 53 heavy (non-hydrogen) atoms. The summed E-state index contributed by atoms with van der Waals surface area (Å²) in [6, 6.07) is 66.1. The molecule has 246 valence electrons. The molecular formula is C50H30N2O. The van der Waals surface area contributed by atoms with Crippen molar-refractivity contribution in [3.63, 3.8) is 0 Å². The molecule has 1 aliphatic rings. The molecule has 0 radical (unpaired) electrons. The van der Waals surface area contributed by atoms with Crippen molar-refractivity contribution >= 4 is 82.4 Å². The molecule has 0 amide bonds. The van der Waals surface area contributed by atoms with Gasteiger partial charge in [0.25, 0.3) is 0 Å². The van der Waals surface area contributed by atoms with Crippen molar-refractivity contribution in [3.05, 3.63) is 182 Å². The van der Waals surface area contributed by atoms with Gasteiger partial charge >= 0.3 is 0 Å². The molecule has 3 heteroatoms. The largest absolute Gasteiger partial charge is 0.456 e. The minimum absolute atomic E-state index is 0.887. The van der Waals surface area contributed by atoms with E-state index in [0.717, 1.165) is 44.7 Å². The van der Waals surface area contributed by atoms with Crippen LogP contribution in [0, 0.1) is 0 Å². The number of anilines is 3. The van der Waals surface area contributed by atoms with E-state index in [9.17, 15) is 0 Å². The van der Waals surface area contributed by atoms with Gasteiger partial charge in [-0.2, -0.15) is 0 Å². The first-order valence-electron chi connectivity index (χ1n) is 18.2. The maximum atomic E-state index is 6.32. The quantitative estimate of drug-likeness (QED) is 0.173. The third kappa shape index (κ3) is 3.99. The van der Waals surface area contributed by atoms with Gasteiger partial charge in [-0.15, -0.1) is 0 Å². The highest BCUT2D eigenvalue weighted by Gasteiger charge is 2.29. The number of aromatic nitrogens is 1. The third-order valence-electron chi connectivity index (χ3n) is 11.3. The Morgan fingerprint density at radius 3 is 1.96 bits per heavy atom. The van der Waals surface area contributed by atoms with E-state index < -0.39 is 0 Å². The van der Waals surface area contributed by atoms with Crippen LogP contribution in [0.4, 0.5) is 17.1 Å². The Labute approximate surface area is 305 Å². The molecule has 0 spiro atoms. The zero-order valence-corrected chi connectivity index (χ0v) is 28.6. The first-order valence-corrected chi connectivity index (χ1v) is 18.2. The van der Waals surface area contributed by atoms with Gasteiger partial charge in [0.2, 0.25) is 0 Å². The van der Waals surface area contributed by atoms with E-state index in [1.54, 1.807) is 0 Å². The average molecular weight is 675 g/mol. The summed E-state index contributed by atoms with van der Waals surface area (Å²) >= 11 is 0. The second kappa shape index (κ2) is 10.7. The summed E-state index contributed by atoms with van der Waals surface area (Å²) < 4.78 is 8.70. The van der Waals surface area contributed by atoms with Crippen molar-refractivity contribution in [3.8, 4) is 27.9 Å². The SMILES string of the molecule is c1ccc(-n2c3ccccc3c3cc(N(c4ccc5oc6ccccc6c5c4)c4cccc5c4-c4cccc6cc7ccccc7c-5c46)ccc32)cc1. The number of hydrogen-bond acceptors (Lipinski definition) is 2. The van der Waals surface area contributed by atoms with Crippen LogP contribution in [0.2, 0.25) is 0 Å². The van der Waals surface area contributed by atoms with Crippen LogP contribution >= 0.6 is 0 Å². The predicted octanol–water partition coefficient (Wildman–Crippen LogP) is 14.1. The van der Waals surface area contributed by atoms with Gasteiger partial charge in [-0.3, -0.25) is 0 Å². The average Bonchev–Trinajstić information content (AvgIpc) is 3.87. The number of rotatable bonds is 4. The van der Waals surface area contributed by atoms with Crippen molar-refractivity contribution in [1.29, 1.82) is 0 Å². The highest BCUT2D eigenvalue weighted by molar-refractivity contribution is 6.26. The highest BCUT2D eigenvalue weighted by atomic mass is 16.3. The number of furan rings is 1. The molecule has 11 aromatic rings. The fourth-order valence-corrected chi connectivity index (χ4v) is 9.06. The van der Waals surface area contributed by atoms with E-state index >= 15 is 0 Å². The topological polar surface area (TPSA) is 21.3 Å². The molecule has 0 fully saturated rings. The van der Waals surface area contributed by atoms with Crippen LogP contribution in [0.5, 0.6) is 0 Å². The molecule has 12 rings (SSSR count). The molecule has 2 aromatic heterocycles. The number of para-hydroxylation sites is 3. The van der Waals surface area contributed by atoms with Crippen LogP contribution in [-0.2, 0) is 0 Å². The third-order valence-corrected chi connectivity index (χ3v) is 11.3. The Morgan fingerprint density at radius 1 is 0.396 bits per heavy atom. The van der Waals surface area contributed by atoms with Gasteiger partial charge in [-0.05, 0) is 111 Å². The van der Waals surface area contributed by atoms with E-state index in [4.69, 9.17) is 4.42 Å². The molecule has 0 unspecified atom stereocenters. The minimum Gasteiger partial charge on any atom is -0.456 e. The van der Waals surface area contributed by atoms with Crippen LogP contribution in [0.25, 0.3) is 93.2 Å². The van der Waals surface area contributed by atoms with Gasteiger partial charge in [0.15, 0.2) is 0 Å².